The first-order chi connectivity index (χ1) is 23.8. The van der Waals surface area contributed by atoms with E-state index in [0.29, 0.717) is 23.5 Å². The van der Waals surface area contributed by atoms with Gasteiger partial charge < -0.3 is 24.3 Å². The average Bonchev–Trinajstić information content (AvgIpc) is 3.38. The molecule has 1 aliphatic carbocycles. The molecule has 2 N–H and O–H groups in total. The lowest BCUT2D eigenvalue weighted by atomic mass is 9.58. The second-order valence-electron chi connectivity index (χ2n) is 12.7. The molecule has 4 atom stereocenters. The van der Waals surface area contributed by atoms with Crippen LogP contribution < -0.4 is 4.74 Å². The van der Waals surface area contributed by atoms with Crippen molar-refractivity contribution in [3.8, 4) is 11.5 Å². The smallest absolute Gasteiger partial charge is 0.455 e. The standard InChI is InChI=1S/C39H36BNO8/c1-47-39(45)41-37(43)31-21-27(23-48-28-12-6-3-7-13-28)35-32(36(31)38(41)44)22-40(46)49-34(35)19-17-25(24-10-4-2-5-11-24)20-26-16-18-33(42)30-15-9-8-14-29(26)30/h2-16,18,20,31-32,34,36,42,46H,17,19,21-23H2,1H3/b25-20-/t31-,32+,34-,36-/m1/s1. The Labute approximate surface area is 284 Å². The number of nitrogens with zero attached hydrogens (tertiary/aromatic N) is 1. The van der Waals surface area contributed by atoms with Crippen LogP contribution in [0.4, 0.5) is 4.79 Å². The highest BCUT2D eigenvalue weighted by Gasteiger charge is 2.59. The van der Waals surface area contributed by atoms with Crippen molar-refractivity contribution in [2.75, 3.05) is 13.7 Å². The first-order valence-corrected chi connectivity index (χ1v) is 16.5. The Hall–Kier alpha value is -5.19. The third-order valence-corrected chi connectivity index (χ3v) is 9.91. The fraction of sp³-hybridized carbons (Fsp3) is 0.256. The third kappa shape index (κ3) is 6.25. The number of para-hydroxylation sites is 1. The van der Waals surface area contributed by atoms with Gasteiger partial charge >= 0.3 is 13.2 Å². The fourth-order valence-corrected chi connectivity index (χ4v) is 7.71. The molecule has 49 heavy (non-hydrogen) atoms. The zero-order chi connectivity index (χ0) is 34.1. The van der Waals surface area contributed by atoms with Crippen molar-refractivity contribution in [3.05, 3.63) is 119 Å². The van der Waals surface area contributed by atoms with E-state index in [1.165, 1.54) is 0 Å². The largest absolute Gasteiger partial charge is 0.507 e. The topological polar surface area (TPSA) is 123 Å². The van der Waals surface area contributed by atoms with E-state index in [-0.39, 0.29) is 25.1 Å². The number of likely N-dealkylation sites (tertiary alicyclic amines) is 1. The summed E-state index contributed by atoms with van der Waals surface area (Å²) in [6.45, 7) is 0.162. The van der Waals surface area contributed by atoms with Gasteiger partial charge in [0.15, 0.2) is 0 Å². The van der Waals surface area contributed by atoms with E-state index in [1.807, 2.05) is 91.0 Å². The molecule has 7 rings (SSSR count). The molecule has 2 fully saturated rings. The SMILES string of the molecule is COC(=O)N1C(=O)[C@@H]2[C@@H](CC(COc3ccccc3)=C3[C@@H](CC/C(=C/c4ccc(O)c5ccccc45)c4ccccc4)OB(O)C[C@@H]32)C1=O. The first-order valence-electron chi connectivity index (χ1n) is 16.5. The molecule has 248 valence electrons. The monoisotopic (exact) mass is 657 g/mol. The van der Waals surface area contributed by atoms with Crippen LogP contribution in [0.2, 0.25) is 6.32 Å². The third-order valence-electron chi connectivity index (χ3n) is 9.91. The molecule has 3 aliphatic rings. The van der Waals surface area contributed by atoms with Crippen molar-refractivity contribution < 1.29 is 38.6 Å². The fourth-order valence-electron chi connectivity index (χ4n) is 7.71. The molecular weight excluding hydrogens is 621 g/mol. The number of allylic oxidation sites excluding steroid dienone is 1. The number of ether oxygens (including phenoxy) is 2. The highest BCUT2D eigenvalue weighted by molar-refractivity contribution is 6.43. The van der Waals surface area contributed by atoms with E-state index in [0.717, 1.165) is 45.7 Å². The summed E-state index contributed by atoms with van der Waals surface area (Å²) < 4.78 is 17.2. The van der Waals surface area contributed by atoms with Crippen molar-refractivity contribution in [3.63, 3.8) is 0 Å². The number of imide groups is 3. The number of hydrogen-bond donors (Lipinski definition) is 2. The number of carbonyl (C=O) groups is 3. The van der Waals surface area contributed by atoms with Crippen LogP contribution in [0.25, 0.3) is 22.4 Å². The molecule has 2 aliphatic heterocycles. The highest BCUT2D eigenvalue weighted by atomic mass is 16.5. The van der Waals surface area contributed by atoms with Crippen LogP contribution in [0.3, 0.4) is 0 Å². The van der Waals surface area contributed by atoms with Gasteiger partial charge in [0.05, 0.1) is 25.0 Å². The lowest BCUT2D eigenvalue weighted by Crippen LogP contribution is -2.46. The number of aromatic hydroxyl groups is 1. The van der Waals surface area contributed by atoms with Gasteiger partial charge in [-0.25, -0.2) is 4.79 Å². The lowest BCUT2D eigenvalue weighted by Gasteiger charge is -2.43. The molecule has 0 aromatic heterocycles. The van der Waals surface area contributed by atoms with Gasteiger partial charge in [-0.05, 0) is 82.9 Å². The molecule has 0 spiro atoms. The molecule has 10 heteroatoms. The van der Waals surface area contributed by atoms with Crippen LogP contribution in [-0.4, -0.2) is 59.9 Å². The van der Waals surface area contributed by atoms with Gasteiger partial charge in [-0.2, -0.15) is 4.90 Å². The summed E-state index contributed by atoms with van der Waals surface area (Å²) >= 11 is 0. The Morgan fingerprint density at radius 2 is 1.61 bits per heavy atom. The minimum atomic E-state index is -1.17. The molecule has 2 heterocycles. The minimum absolute atomic E-state index is 0.108. The summed E-state index contributed by atoms with van der Waals surface area (Å²) in [7, 11) is -0.0326. The Bertz CT molecular complexity index is 1960. The van der Waals surface area contributed by atoms with E-state index < -0.39 is 48.9 Å². The van der Waals surface area contributed by atoms with Gasteiger partial charge in [0.25, 0.3) is 0 Å². The average molecular weight is 658 g/mol. The zero-order valence-corrected chi connectivity index (χ0v) is 27.0. The van der Waals surface area contributed by atoms with Gasteiger partial charge in [-0.1, -0.05) is 84.9 Å². The maximum absolute atomic E-state index is 13.7. The molecule has 0 bridgehead atoms. The number of hydrogen-bond acceptors (Lipinski definition) is 8. The van der Waals surface area contributed by atoms with Crippen LogP contribution >= 0.6 is 0 Å². The van der Waals surface area contributed by atoms with Crippen molar-refractivity contribution in [1.29, 1.82) is 0 Å². The van der Waals surface area contributed by atoms with E-state index in [9.17, 15) is 24.5 Å². The van der Waals surface area contributed by atoms with Crippen LogP contribution in [0.5, 0.6) is 11.5 Å². The van der Waals surface area contributed by atoms with Crippen LogP contribution in [0, 0.1) is 17.8 Å². The van der Waals surface area contributed by atoms with E-state index in [4.69, 9.17) is 14.1 Å². The predicted octanol–water partition coefficient (Wildman–Crippen LogP) is 6.51. The Balaban J connectivity index is 1.26. The second kappa shape index (κ2) is 13.7. The maximum atomic E-state index is 13.7. The van der Waals surface area contributed by atoms with E-state index in [1.54, 1.807) is 6.07 Å². The number of rotatable bonds is 8. The van der Waals surface area contributed by atoms with Gasteiger partial charge in [0, 0.05) is 5.39 Å². The number of fused-ring (bicyclic) bond motifs is 4. The van der Waals surface area contributed by atoms with Gasteiger partial charge in [0.2, 0.25) is 11.8 Å². The van der Waals surface area contributed by atoms with E-state index >= 15 is 0 Å². The first kappa shape index (κ1) is 32.4. The number of methoxy groups -OCH3 is 1. The van der Waals surface area contributed by atoms with Gasteiger partial charge in [0.1, 0.15) is 18.1 Å². The van der Waals surface area contributed by atoms with Crippen molar-refractivity contribution in [2.24, 2.45) is 17.8 Å². The molecule has 4 aromatic carbocycles. The molecule has 3 amide bonds. The van der Waals surface area contributed by atoms with E-state index in [2.05, 4.69) is 6.08 Å². The lowest BCUT2D eigenvalue weighted by molar-refractivity contribution is -0.137. The Morgan fingerprint density at radius 1 is 0.918 bits per heavy atom. The quantitative estimate of drug-likeness (QED) is 0.0953. The normalized spacial score (nSPS) is 22.3. The summed E-state index contributed by atoms with van der Waals surface area (Å²) in [4.78, 5) is 40.3. The number of phenols is 1. The highest BCUT2D eigenvalue weighted by Crippen LogP contribution is 2.51. The molecule has 0 saturated carbocycles. The molecule has 0 radical (unpaired) electrons. The molecule has 0 unspecified atom stereocenters. The Kier molecular flexibility index (Phi) is 9.08. The van der Waals surface area contributed by atoms with Gasteiger partial charge in [-0.3, -0.25) is 9.59 Å². The number of carbonyl (C=O) groups excluding carboxylic acids is 3. The predicted molar refractivity (Wildman–Crippen MR) is 185 cm³/mol. The van der Waals surface area contributed by atoms with Crippen LogP contribution in [0.1, 0.15) is 30.4 Å². The van der Waals surface area contributed by atoms with Gasteiger partial charge in [-0.15, -0.1) is 0 Å². The summed E-state index contributed by atoms with van der Waals surface area (Å²) in [5.74, 6) is -2.46. The zero-order valence-electron chi connectivity index (χ0n) is 27.0. The van der Waals surface area contributed by atoms with Crippen molar-refractivity contribution >= 4 is 47.4 Å². The molecule has 4 aromatic rings. The number of phenolic OH excluding ortho intramolecular Hbond substituents is 1. The molecule has 9 nitrogen and oxygen atoms in total. The summed E-state index contributed by atoms with van der Waals surface area (Å²) in [5.41, 5.74) is 4.66. The minimum Gasteiger partial charge on any atom is -0.507 e. The number of benzene rings is 4. The number of amides is 3. The van der Waals surface area contributed by atoms with Crippen molar-refractivity contribution in [1.82, 2.24) is 4.90 Å². The molecule has 2 saturated heterocycles. The van der Waals surface area contributed by atoms with Crippen LogP contribution in [0.15, 0.2) is 108 Å². The summed E-state index contributed by atoms with van der Waals surface area (Å²) in [6.07, 6.45) is 1.88. The van der Waals surface area contributed by atoms with Crippen molar-refractivity contribution in [2.45, 2.75) is 31.7 Å². The Morgan fingerprint density at radius 3 is 2.35 bits per heavy atom. The maximum Gasteiger partial charge on any atom is 0.455 e. The molecular formula is C39H36BNO8. The second-order valence-corrected chi connectivity index (χ2v) is 12.7. The van der Waals surface area contributed by atoms with Crippen LogP contribution in [-0.2, 0) is 19.0 Å². The summed E-state index contributed by atoms with van der Waals surface area (Å²) in [5, 5.41) is 23.2. The summed E-state index contributed by atoms with van der Waals surface area (Å²) in [6, 6.07) is 30.6.